The minimum absolute atomic E-state index is 0.235. The van der Waals surface area contributed by atoms with Gasteiger partial charge in [-0.05, 0) is 17.7 Å². The summed E-state index contributed by atoms with van der Waals surface area (Å²) in [6, 6.07) is 17.2. The number of thiophene rings is 1. The number of hydrogen-bond acceptors (Lipinski definition) is 7. The number of hydrogen-bond donors (Lipinski definition) is 2. The number of rotatable bonds is 5. The maximum absolute atomic E-state index is 12.2. The van der Waals surface area contributed by atoms with Gasteiger partial charge < -0.3 is 20.1 Å². The highest BCUT2D eigenvalue weighted by molar-refractivity contribution is 7.15. The zero-order valence-electron chi connectivity index (χ0n) is 16.6. The molecule has 2 aromatic heterocycles. The van der Waals surface area contributed by atoms with Gasteiger partial charge in [-0.1, -0.05) is 42.5 Å². The molecule has 3 heterocycles. The van der Waals surface area contributed by atoms with Crippen LogP contribution in [0.4, 0.5) is 16.6 Å². The monoisotopic (exact) mass is 432 g/mol. The molecular formula is C23H20N4O3S. The lowest BCUT2D eigenvalue weighted by molar-refractivity contribution is 0.0699. The number of fused-ring (bicyclic) bond motifs is 1. The molecule has 2 N–H and O–H groups in total. The van der Waals surface area contributed by atoms with Crippen molar-refractivity contribution in [2.24, 2.45) is 0 Å². The first-order valence-corrected chi connectivity index (χ1v) is 10.9. The van der Waals surface area contributed by atoms with Gasteiger partial charge in [0.2, 0.25) is 0 Å². The van der Waals surface area contributed by atoms with Crippen molar-refractivity contribution in [3.8, 4) is 11.1 Å². The highest BCUT2D eigenvalue weighted by Crippen LogP contribution is 2.38. The lowest BCUT2D eigenvalue weighted by Gasteiger charge is -2.29. The van der Waals surface area contributed by atoms with E-state index >= 15 is 0 Å². The van der Waals surface area contributed by atoms with Gasteiger partial charge in [-0.2, -0.15) is 0 Å². The number of aromatic carboxylic acids is 1. The van der Waals surface area contributed by atoms with Crippen LogP contribution in [0.3, 0.4) is 0 Å². The quantitative estimate of drug-likeness (QED) is 0.475. The first-order chi connectivity index (χ1) is 15.2. The Hall–Kier alpha value is -3.49. The van der Waals surface area contributed by atoms with Crippen molar-refractivity contribution < 1.29 is 14.6 Å². The molecule has 4 aromatic rings. The van der Waals surface area contributed by atoms with Crippen molar-refractivity contribution in [1.29, 1.82) is 0 Å². The number of para-hydroxylation sites is 2. The van der Waals surface area contributed by atoms with E-state index in [1.54, 1.807) is 0 Å². The van der Waals surface area contributed by atoms with E-state index in [1.807, 2.05) is 60.0 Å². The van der Waals surface area contributed by atoms with Crippen molar-refractivity contribution in [3.63, 3.8) is 0 Å². The van der Waals surface area contributed by atoms with Crippen LogP contribution in [0.15, 0.2) is 60.0 Å². The number of nitrogens with zero attached hydrogens (tertiary/aromatic N) is 3. The topological polar surface area (TPSA) is 87.6 Å². The molecule has 31 heavy (non-hydrogen) atoms. The molecule has 2 aromatic carbocycles. The average Bonchev–Trinajstić information content (AvgIpc) is 3.24. The summed E-state index contributed by atoms with van der Waals surface area (Å²) in [7, 11) is 0. The highest BCUT2D eigenvalue weighted by Gasteiger charge is 2.23. The second kappa shape index (κ2) is 8.33. The number of carboxylic acid groups (broad SMARTS) is 1. The second-order valence-corrected chi connectivity index (χ2v) is 8.01. The van der Waals surface area contributed by atoms with Crippen LogP contribution in [0.1, 0.15) is 10.4 Å². The van der Waals surface area contributed by atoms with E-state index in [-0.39, 0.29) is 5.56 Å². The van der Waals surface area contributed by atoms with E-state index in [9.17, 15) is 9.90 Å². The maximum Gasteiger partial charge on any atom is 0.339 e. The van der Waals surface area contributed by atoms with Crippen molar-refractivity contribution >= 4 is 45.0 Å². The first kappa shape index (κ1) is 19.5. The van der Waals surface area contributed by atoms with Gasteiger partial charge in [0.15, 0.2) is 11.6 Å². The van der Waals surface area contributed by atoms with E-state index in [2.05, 4.69) is 10.2 Å². The highest BCUT2D eigenvalue weighted by atomic mass is 32.1. The molecule has 1 saturated heterocycles. The number of carboxylic acids is 1. The first-order valence-electron chi connectivity index (χ1n) is 9.97. The van der Waals surface area contributed by atoms with E-state index in [0.29, 0.717) is 48.5 Å². The molecule has 0 amide bonds. The number of carbonyl (C=O) groups is 1. The molecule has 0 bridgehead atoms. The number of benzene rings is 2. The molecule has 0 unspecified atom stereocenters. The maximum atomic E-state index is 12.2. The van der Waals surface area contributed by atoms with Crippen LogP contribution in [-0.4, -0.2) is 47.3 Å². The summed E-state index contributed by atoms with van der Waals surface area (Å²) in [5, 5.41) is 15.6. The fourth-order valence-electron chi connectivity index (χ4n) is 3.67. The Bertz CT molecular complexity index is 1240. The van der Waals surface area contributed by atoms with Crippen LogP contribution in [0.25, 0.3) is 22.2 Å². The summed E-state index contributed by atoms with van der Waals surface area (Å²) >= 11 is 1.35. The van der Waals surface area contributed by atoms with Crippen LogP contribution in [-0.2, 0) is 4.74 Å². The third kappa shape index (κ3) is 3.83. The molecule has 1 fully saturated rings. The van der Waals surface area contributed by atoms with Gasteiger partial charge in [0.25, 0.3) is 0 Å². The molecule has 0 radical (unpaired) electrons. The zero-order valence-corrected chi connectivity index (χ0v) is 17.4. The molecule has 1 aliphatic rings. The number of aromatic nitrogens is 2. The molecule has 0 spiro atoms. The lowest BCUT2D eigenvalue weighted by Crippen LogP contribution is -2.37. The zero-order chi connectivity index (χ0) is 21.2. The molecule has 0 saturated carbocycles. The minimum Gasteiger partial charge on any atom is -0.478 e. The molecule has 0 aliphatic carbocycles. The Kier molecular flexibility index (Phi) is 5.23. The molecular weight excluding hydrogens is 412 g/mol. The van der Waals surface area contributed by atoms with Crippen molar-refractivity contribution in [2.75, 3.05) is 36.5 Å². The summed E-state index contributed by atoms with van der Waals surface area (Å²) in [6.07, 6.45) is 0. The SMILES string of the molecule is O=C(O)c1c(-c2ccccc2)csc1Nc1nc2ccccc2nc1N1CCOCC1. The van der Waals surface area contributed by atoms with Gasteiger partial charge in [-0.25, -0.2) is 14.8 Å². The molecule has 1 aliphatic heterocycles. The summed E-state index contributed by atoms with van der Waals surface area (Å²) in [5.74, 6) is 0.266. The fourth-order valence-corrected chi connectivity index (χ4v) is 4.63. The average molecular weight is 433 g/mol. The van der Waals surface area contributed by atoms with Crippen molar-refractivity contribution in [2.45, 2.75) is 0 Å². The van der Waals surface area contributed by atoms with Gasteiger partial charge in [-0.15, -0.1) is 11.3 Å². The standard InChI is InChI=1S/C23H20N4O3S/c28-23(29)19-16(15-6-2-1-3-7-15)14-31-22(19)26-20-21(27-10-12-30-13-11-27)25-18-9-5-4-8-17(18)24-20/h1-9,14H,10-13H2,(H,24,26)(H,28,29). The van der Waals surface area contributed by atoms with Crippen LogP contribution in [0.2, 0.25) is 0 Å². The third-order valence-corrected chi connectivity index (χ3v) is 6.08. The Morgan fingerprint density at radius 1 is 1.00 bits per heavy atom. The smallest absolute Gasteiger partial charge is 0.339 e. The summed E-state index contributed by atoms with van der Waals surface area (Å²) in [6.45, 7) is 2.64. The molecule has 156 valence electrons. The summed E-state index contributed by atoms with van der Waals surface area (Å²) < 4.78 is 5.48. The fraction of sp³-hybridized carbons (Fsp3) is 0.174. The van der Waals surface area contributed by atoms with Gasteiger partial charge >= 0.3 is 5.97 Å². The molecule has 0 atom stereocenters. The molecule has 5 rings (SSSR count). The van der Waals surface area contributed by atoms with Crippen LogP contribution < -0.4 is 10.2 Å². The normalized spacial score (nSPS) is 14.0. The van der Waals surface area contributed by atoms with Crippen molar-refractivity contribution in [3.05, 3.63) is 65.5 Å². The van der Waals surface area contributed by atoms with Crippen LogP contribution in [0.5, 0.6) is 0 Å². The van der Waals surface area contributed by atoms with Gasteiger partial charge in [0, 0.05) is 24.0 Å². The third-order valence-electron chi connectivity index (χ3n) is 5.18. The molecule has 8 heteroatoms. The lowest BCUT2D eigenvalue weighted by atomic mass is 10.0. The van der Waals surface area contributed by atoms with Gasteiger partial charge in [0.1, 0.15) is 10.6 Å². The second-order valence-electron chi connectivity index (χ2n) is 7.13. The van der Waals surface area contributed by atoms with E-state index < -0.39 is 5.97 Å². The van der Waals surface area contributed by atoms with Gasteiger partial charge in [-0.3, -0.25) is 0 Å². The van der Waals surface area contributed by atoms with Crippen molar-refractivity contribution in [1.82, 2.24) is 9.97 Å². The predicted octanol–water partition coefficient (Wildman–Crippen LogP) is 4.64. The minimum atomic E-state index is -0.982. The number of anilines is 3. The largest absolute Gasteiger partial charge is 0.478 e. The Labute approximate surface area is 183 Å². The number of nitrogens with one attached hydrogen (secondary N) is 1. The Morgan fingerprint density at radius 2 is 1.68 bits per heavy atom. The summed E-state index contributed by atoms with van der Waals surface area (Å²) in [4.78, 5) is 23.9. The van der Waals surface area contributed by atoms with Crippen LogP contribution >= 0.6 is 11.3 Å². The number of morpholine rings is 1. The van der Waals surface area contributed by atoms with Gasteiger partial charge in [0.05, 0.1) is 24.2 Å². The molecule has 7 nitrogen and oxygen atoms in total. The van der Waals surface area contributed by atoms with E-state index in [4.69, 9.17) is 14.7 Å². The Balaban J connectivity index is 1.60. The number of ether oxygens (including phenoxy) is 1. The predicted molar refractivity (Wildman–Crippen MR) is 123 cm³/mol. The van der Waals surface area contributed by atoms with E-state index in [1.165, 1.54) is 11.3 Å². The van der Waals surface area contributed by atoms with E-state index in [0.717, 1.165) is 16.6 Å². The van der Waals surface area contributed by atoms with Crippen LogP contribution in [0, 0.1) is 0 Å². The summed E-state index contributed by atoms with van der Waals surface area (Å²) in [5.41, 5.74) is 3.33. The Morgan fingerprint density at radius 3 is 2.39 bits per heavy atom.